The summed E-state index contributed by atoms with van der Waals surface area (Å²) in [6.45, 7) is 1.06. The predicted octanol–water partition coefficient (Wildman–Crippen LogP) is 4.81. The highest BCUT2D eigenvalue weighted by Gasteiger charge is 2.30. The Kier molecular flexibility index (Phi) is 5.24. The van der Waals surface area contributed by atoms with Crippen LogP contribution in [0.2, 0.25) is 0 Å². The first-order valence-corrected chi connectivity index (χ1v) is 9.40. The van der Waals surface area contributed by atoms with Gasteiger partial charge in [0, 0.05) is 24.6 Å². The normalized spacial score (nSPS) is 16.6. The summed E-state index contributed by atoms with van der Waals surface area (Å²) in [4.78, 5) is 27.1. The molecule has 2 heterocycles. The van der Waals surface area contributed by atoms with E-state index in [2.05, 4.69) is 0 Å². The molecule has 4 rings (SSSR count). The molecule has 2 aromatic carbocycles. The maximum absolute atomic E-state index is 12.9. The minimum atomic E-state index is -0.200. The van der Waals surface area contributed by atoms with Crippen molar-refractivity contribution in [1.82, 2.24) is 4.90 Å². The van der Waals surface area contributed by atoms with Crippen LogP contribution in [-0.4, -0.2) is 29.7 Å². The fraction of sp³-hybridized carbons (Fsp3) is 0.217. The van der Waals surface area contributed by atoms with E-state index in [1.807, 2.05) is 30.3 Å². The number of rotatable bonds is 5. The lowest BCUT2D eigenvalue weighted by Gasteiger charge is -2.31. The number of furan rings is 1. The summed E-state index contributed by atoms with van der Waals surface area (Å²) in [6.07, 6.45) is 3.07. The number of para-hydroxylation sites is 1. The summed E-state index contributed by atoms with van der Waals surface area (Å²) in [5.41, 5.74) is 0.637. The average molecular weight is 375 g/mol. The monoisotopic (exact) mass is 375 g/mol. The summed E-state index contributed by atoms with van der Waals surface area (Å²) in [5.74, 6) is 1.45. The lowest BCUT2D eigenvalue weighted by atomic mass is 9.90. The third-order valence-corrected chi connectivity index (χ3v) is 4.93. The van der Waals surface area contributed by atoms with Crippen LogP contribution in [0.25, 0.3) is 0 Å². The molecule has 0 saturated carbocycles. The number of nitrogens with zero attached hydrogens (tertiary/aromatic N) is 1. The van der Waals surface area contributed by atoms with Gasteiger partial charge in [0.2, 0.25) is 0 Å². The number of benzene rings is 2. The number of ether oxygens (including phenoxy) is 1. The second-order valence-electron chi connectivity index (χ2n) is 6.87. The summed E-state index contributed by atoms with van der Waals surface area (Å²) in [7, 11) is 0. The molecule has 1 aromatic heterocycles. The van der Waals surface area contributed by atoms with Gasteiger partial charge in [-0.2, -0.15) is 0 Å². The van der Waals surface area contributed by atoms with Crippen LogP contribution in [0.5, 0.6) is 11.5 Å². The second kappa shape index (κ2) is 8.13. The van der Waals surface area contributed by atoms with Crippen LogP contribution >= 0.6 is 0 Å². The molecule has 1 saturated heterocycles. The van der Waals surface area contributed by atoms with Crippen LogP contribution in [0, 0.1) is 5.92 Å². The average Bonchev–Trinajstić information content (AvgIpc) is 3.29. The zero-order chi connectivity index (χ0) is 19.3. The maximum atomic E-state index is 12.9. The third-order valence-electron chi connectivity index (χ3n) is 4.93. The summed E-state index contributed by atoms with van der Waals surface area (Å²) in [6, 6.07) is 20.0. The molecule has 1 aliphatic rings. The van der Waals surface area contributed by atoms with Crippen LogP contribution in [-0.2, 0) is 0 Å². The standard InChI is InChI=1S/C23H21NO4/c25-22(17-10-12-20(13-11-17)28-19-7-2-1-3-8-19)18-6-4-14-24(16-18)23(26)21-9-5-15-27-21/h1-3,5,7-13,15,18H,4,6,14,16H2. The Morgan fingerprint density at radius 2 is 1.68 bits per heavy atom. The first-order valence-electron chi connectivity index (χ1n) is 9.40. The van der Waals surface area contributed by atoms with E-state index >= 15 is 0 Å². The van der Waals surface area contributed by atoms with Crippen molar-refractivity contribution in [1.29, 1.82) is 0 Å². The van der Waals surface area contributed by atoms with Crippen molar-refractivity contribution in [3.63, 3.8) is 0 Å². The highest BCUT2D eigenvalue weighted by Crippen LogP contribution is 2.25. The number of Topliss-reactive ketones (excluding diaryl/α,β-unsaturated/α-hetero) is 1. The molecule has 0 N–H and O–H groups in total. The number of amides is 1. The van der Waals surface area contributed by atoms with Gasteiger partial charge in [0.05, 0.1) is 6.26 Å². The fourth-order valence-electron chi connectivity index (χ4n) is 3.48. The predicted molar refractivity (Wildman–Crippen MR) is 105 cm³/mol. The van der Waals surface area contributed by atoms with Gasteiger partial charge in [-0.25, -0.2) is 0 Å². The molecule has 0 bridgehead atoms. The number of piperidine rings is 1. The molecule has 0 spiro atoms. The number of carbonyl (C=O) groups is 2. The molecular formula is C23H21NO4. The number of ketones is 1. The number of hydrogen-bond donors (Lipinski definition) is 0. The van der Waals surface area contributed by atoms with Crippen LogP contribution in [0.4, 0.5) is 0 Å². The fourth-order valence-corrected chi connectivity index (χ4v) is 3.48. The van der Waals surface area contributed by atoms with E-state index in [0.717, 1.165) is 18.6 Å². The van der Waals surface area contributed by atoms with Crippen LogP contribution in [0.15, 0.2) is 77.4 Å². The van der Waals surface area contributed by atoms with Gasteiger partial charge < -0.3 is 14.1 Å². The van der Waals surface area contributed by atoms with Crippen molar-refractivity contribution in [2.75, 3.05) is 13.1 Å². The Balaban J connectivity index is 1.41. The topological polar surface area (TPSA) is 59.8 Å². The lowest BCUT2D eigenvalue weighted by molar-refractivity contribution is 0.0610. The largest absolute Gasteiger partial charge is 0.459 e. The van der Waals surface area contributed by atoms with Crippen molar-refractivity contribution in [2.45, 2.75) is 12.8 Å². The third kappa shape index (κ3) is 3.98. The van der Waals surface area contributed by atoms with Crippen molar-refractivity contribution in [3.05, 3.63) is 84.3 Å². The Hall–Kier alpha value is -3.34. The molecule has 1 fully saturated rings. The number of likely N-dealkylation sites (tertiary alicyclic amines) is 1. The van der Waals surface area contributed by atoms with Crippen molar-refractivity contribution >= 4 is 11.7 Å². The molecule has 5 nitrogen and oxygen atoms in total. The van der Waals surface area contributed by atoms with Crippen LogP contribution in [0.1, 0.15) is 33.8 Å². The first-order chi connectivity index (χ1) is 13.7. The molecule has 28 heavy (non-hydrogen) atoms. The first kappa shape index (κ1) is 18.0. The Morgan fingerprint density at radius 3 is 2.39 bits per heavy atom. The van der Waals surface area contributed by atoms with Gasteiger partial charge in [-0.3, -0.25) is 9.59 Å². The lowest BCUT2D eigenvalue weighted by Crippen LogP contribution is -2.42. The zero-order valence-corrected chi connectivity index (χ0v) is 15.4. The Labute approximate surface area is 163 Å². The van der Waals surface area contributed by atoms with E-state index in [4.69, 9.17) is 9.15 Å². The van der Waals surface area contributed by atoms with E-state index in [-0.39, 0.29) is 17.6 Å². The molecule has 1 unspecified atom stereocenters. The van der Waals surface area contributed by atoms with Crippen molar-refractivity contribution < 1.29 is 18.7 Å². The van der Waals surface area contributed by atoms with Gasteiger partial charge in [-0.05, 0) is 61.4 Å². The summed E-state index contributed by atoms with van der Waals surface area (Å²) in [5, 5.41) is 0. The molecule has 0 radical (unpaired) electrons. The van der Waals surface area contributed by atoms with E-state index < -0.39 is 0 Å². The maximum Gasteiger partial charge on any atom is 0.289 e. The Morgan fingerprint density at radius 1 is 0.929 bits per heavy atom. The zero-order valence-electron chi connectivity index (χ0n) is 15.4. The van der Waals surface area contributed by atoms with Gasteiger partial charge in [-0.15, -0.1) is 0 Å². The number of carbonyl (C=O) groups excluding carboxylic acids is 2. The molecule has 5 heteroatoms. The SMILES string of the molecule is O=C(c1ccc(Oc2ccccc2)cc1)C1CCCN(C(=O)c2ccco2)C1. The molecule has 0 aliphatic carbocycles. The quantitative estimate of drug-likeness (QED) is 0.601. The van der Waals surface area contributed by atoms with Crippen molar-refractivity contribution in [3.8, 4) is 11.5 Å². The summed E-state index contributed by atoms with van der Waals surface area (Å²) >= 11 is 0. The van der Waals surface area contributed by atoms with E-state index in [1.165, 1.54) is 6.26 Å². The van der Waals surface area contributed by atoms with Crippen molar-refractivity contribution in [2.24, 2.45) is 5.92 Å². The highest BCUT2D eigenvalue weighted by molar-refractivity contribution is 5.99. The molecule has 1 aliphatic heterocycles. The number of hydrogen-bond acceptors (Lipinski definition) is 4. The Bertz CT molecular complexity index is 933. The van der Waals surface area contributed by atoms with E-state index in [0.29, 0.717) is 30.2 Å². The van der Waals surface area contributed by atoms with Gasteiger partial charge >= 0.3 is 0 Å². The minimum absolute atomic E-state index is 0.0585. The van der Waals surface area contributed by atoms with Crippen LogP contribution < -0.4 is 4.74 Å². The van der Waals surface area contributed by atoms with E-state index in [9.17, 15) is 9.59 Å². The van der Waals surface area contributed by atoms with Gasteiger partial charge in [0.25, 0.3) is 5.91 Å². The minimum Gasteiger partial charge on any atom is -0.459 e. The van der Waals surface area contributed by atoms with Gasteiger partial charge in [0.15, 0.2) is 11.5 Å². The highest BCUT2D eigenvalue weighted by atomic mass is 16.5. The van der Waals surface area contributed by atoms with Gasteiger partial charge in [-0.1, -0.05) is 18.2 Å². The summed E-state index contributed by atoms with van der Waals surface area (Å²) < 4.78 is 11.0. The smallest absolute Gasteiger partial charge is 0.289 e. The molecule has 1 atom stereocenters. The molecule has 142 valence electrons. The molecule has 3 aromatic rings. The van der Waals surface area contributed by atoms with Gasteiger partial charge in [0.1, 0.15) is 11.5 Å². The second-order valence-corrected chi connectivity index (χ2v) is 6.87. The van der Waals surface area contributed by atoms with E-state index in [1.54, 1.807) is 41.3 Å². The van der Waals surface area contributed by atoms with Crippen LogP contribution in [0.3, 0.4) is 0 Å². The molecule has 1 amide bonds. The molecular weight excluding hydrogens is 354 g/mol.